The van der Waals surface area contributed by atoms with Crippen LogP contribution in [0.4, 0.5) is 4.79 Å². The van der Waals surface area contributed by atoms with Crippen LogP contribution >= 0.6 is 0 Å². The molecule has 0 saturated heterocycles. The number of aliphatic carboxylic acids is 1. The van der Waals surface area contributed by atoms with Gasteiger partial charge < -0.3 is 20.5 Å². The minimum atomic E-state index is -1.15. The number of carboxylic acid groups (broad SMARTS) is 1. The highest BCUT2D eigenvalue weighted by Crippen LogP contribution is 2.44. The molecule has 7 heteroatoms. The molecule has 2 aromatic rings. The van der Waals surface area contributed by atoms with Gasteiger partial charge in [-0.15, -0.1) is 0 Å². The lowest BCUT2D eigenvalue weighted by Gasteiger charge is -2.28. The lowest BCUT2D eigenvalue weighted by molar-refractivity contribution is -0.147. The van der Waals surface area contributed by atoms with Crippen molar-refractivity contribution in [1.29, 1.82) is 0 Å². The molecule has 0 heterocycles. The molecule has 0 atom stereocenters. The number of carbonyl (C=O) groups excluding carboxylic acids is 2. The lowest BCUT2D eigenvalue weighted by Crippen LogP contribution is -2.53. The second kappa shape index (κ2) is 9.49. The minimum Gasteiger partial charge on any atom is -0.480 e. The molecule has 2 aliphatic rings. The van der Waals surface area contributed by atoms with E-state index in [-0.39, 0.29) is 24.9 Å². The van der Waals surface area contributed by atoms with Crippen molar-refractivity contribution in [3.63, 3.8) is 0 Å². The zero-order chi connectivity index (χ0) is 24.3. The van der Waals surface area contributed by atoms with Gasteiger partial charge in [-0.3, -0.25) is 4.79 Å². The molecule has 0 aliphatic heterocycles. The highest BCUT2D eigenvalue weighted by Gasteiger charge is 2.42. The van der Waals surface area contributed by atoms with E-state index in [1.54, 1.807) is 0 Å². The van der Waals surface area contributed by atoms with Crippen LogP contribution in [0.2, 0.25) is 0 Å². The molecule has 0 spiro atoms. The Morgan fingerprint density at radius 3 is 2.12 bits per heavy atom. The average Bonchev–Trinajstić information content (AvgIpc) is 3.40. The van der Waals surface area contributed by atoms with Gasteiger partial charge in [0.15, 0.2) is 0 Å². The zero-order valence-corrected chi connectivity index (χ0v) is 19.7. The Bertz CT molecular complexity index is 1040. The average molecular weight is 465 g/mol. The highest BCUT2D eigenvalue weighted by atomic mass is 16.5. The number of amides is 2. The molecule has 4 rings (SSSR count). The number of carbonyl (C=O) groups is 3. The third-order valence-corrected chi connectivity index (χ3v) is 7.01. The molecule has 34 heavy (non-hydrogen) atoms. The van der Waals surface area contributed by atoms with Crippen LogP contribution in [-0.4, -0.2) is 40.8 Å². The van der Waals surface area contributed by atoms with Crippen molar-refractivity contribution in [3.05, 3.63) is 59.7 Å². The summed E-state index contributed by atoms with van der Waals surface area (Å²) < 4.78 is 5.61. The van der Waals surface area contributed by atoms with Crippen molar-refractivity contribution < 1.29 is 24.2 Å². The summed E-state index contributed by atoms with van der Waals surface area (Å²) in [6, 6.07) is 16.3. The van der Waals surface area contributed by atoms with E-state index in [1.807, 2.05) is 38.1 Å². The third-order valence-electron chi connectivity index (χ3n) is 7.01. The third kappa shape index (κ3) is 4.93. The number of nitrogens with one attached hydrogen (secondary N) is 2. The molecule has 0 aromatic heterocycles. The summed E-state index contributed by atoms with van der Waals surface area (Å²) in [7, 11) is 0. The summed E-state index contributed by atoms with van der Waals surface area (Å²) in [5.74, 6) is -1.31. The number of fused-ring (bicyclic) bond motifs is 3. The van der Waals surface area contributed by atoms with Gasteiger partial charge in [-0.2, -0.15) is 0 Å². The van der Waals surface area contributed by atoms with Crippen molar-refractivity contribution in [2.45, 2.75) is 69.4 Å². The van der Waals surface area contributed by atoms with E-state index in [9.17, 15) is 19.5 Å². The summed E-state index contributed by atoms with van der Waals surface area (Å²) in [6.45, 7) is 3.87. The predicted octanol–water partition coefficient (Wildman–Crippen LogP) is 4.60. The summed E-state index contributed by atoms with van der Waals surface area (Å²) >= 11 is 0. The van der Waals surface area contributed by atoms with E-state index in [4.69, 9.17) is 4.74 Å². The van der Waals surface area contributed by atoms with Crippen LogP contribution in [-0.2, 0) is 14.3 Å². The number of carboxylic acids is 1. The number of benzene rings is 2. The molecule has 1 fully saturated rings. The SMILES string of the molecule is CC(C)(CCC(=O)NC1(C(=O)O)CCCC1)NC(=O)OCC1c2ccccc2-c2ccccc21. The monoisotopic (exact) mass is 464 g/mol. The molecule has 7 nitrogen and oxygen atoms in total. The number of alkyl carbamates (subject to hydrolysis) is 1. The summed E-state index contributed by atoms with van der Waals surface area (Å²) in [5.41, 5.74) is 2.78. The highest BCUT2D eigenvalue weighted by molar-refractivity contribution is 5.87. The molecule has 2 amide bonds. The van der Waals surface area contributed by atoms with E-state index in [1.165, 1.54) is 11.1 Å². The first kappa shape index (κ1) is 23.8. The van der Waals surface area contributed by atoms with Gasteiger partial charge in [0.1, 0.15) is 12.1 Å². The second-order valence-electron chi connectivity index (χ2n) is 9.98. The van der Waals surface area contributed by atoms with E-state index in [2.05, 4.69) is 34.9 Å². The maximum absolute atomic E-state index is 12.6. The molecule has 2 aliphatic carbocycles. The van der Waals surface area contributed by atoms with E-state index in [0.717, 1.165) is 24.0 Å². The van der Waals surface area contributed by atoms with Crippen LogP contribution in [0.25, 0.3) is 11.1 Å². The first-order valence-corrected chi connectivity index (χ1v) is 11.9. The zero-order valence-electron chi connectivity index (χ0n) is 19.7. The topological polar surface area (TPSA) is 105 Å². The largest absolute Gasteiger partial charge is 0.480 e. The van der Waals surface area contributed by atoms with Gasteiger partial charge in [0.25, 0.3) is 0 Å². The Balaban J connectivity index is 1.30. The minimum absolute atomic E-state index is 0.0225. The Morgan fingerprint density at radius 1 is 1.00 bits per heavy atom. The van der Waals surface area contributed by atoms with Gasteiger partial charge in [0.2, 0.25) is 5.91 Å². The van der Waals surface area contributed by atoms with Crippen LogP contribution < -0.4 is 10.6 Å². The van der Waals surface area contributed by atoms with Gasteiger partial charge in [-0.1, -0.05) is 61.4 Å². The van der Waals surface area contributed by atoms with E-state index >= 15 is 0 Å². The summed E-state index contributed by atoms with van der Waals surface area (Å²) in [6.07, 6.45) is 2.43. The van der Waals surface area contributed by atoms with E-state index < -0.39 is 23.1 Å². The molecular formula is C27H32N2O5. The van der Waals surface area contributed by atoms with Crippen molar-refractivity contribution in [1.82, 2.24) is 10.6 Å². The fourth-order valence-corrected chi connectivity index (χ4v) is 5.10. The molecular weight excluding hydrogens is 432 g/mol. The lowest BCUT2D eigenvalue weighted by atomic mass is 9.95. The molecule has 1 saturated carbocycles. The van der Waals surface area contributed by atoms with Gasteiger partial charge in [0, 0.05) is 17.9 Å². The van der Waals surface area contributed by atoms with Crippen LogP contribution in [0, 0.1) is 0 Å². The van der Waals surface area contributed by atoms with Crippen LogP contribution in [0.3, 0.4) is 0 Å². The predicted molar refractivity (Wildman–Crippen MR) is 128 cm³/mol. The number of rotatable bonds is 8. The van der Waals surface area contributed by atoms with E-state index in [0.29, 0.717) is 19.3 Å². The maximum atomic E-state index is 12.6. The quantitative estimate of drug-likeness (QED) is 0.530. The fourth-order valence-electron chi connectivity index (χ4n) is 5.10. The molecule has 0 radical (unpaired) electrons. The number of hydrogen-bond donors (Lipinski definition) is 3. The van der Waals surface area contributed by atoms with Gasteiger partial charge in [0.05, 0.1) is 0 Å². The number of ether oxygens (including phenoxy) is 1. The standard InChI is InChI=1S/C27H32N2O5/c1-26(2,16-13-23(30)28-27(24(31)32)14-7-8-15-27)29-25(33)34-17-22-20-11-5-3-9-18(20)19-10-4-6-12-21(19)22/h3-6,9-12,22H,7-8,13-17H2,1-2H3,(H,28,30)(H,29,33)(H,31,32). The van der Waals surface area contributed by atoms with Gasteiger partial charge in [-0.25, -0.2) is 9.59 Å². The van der Waals surface area contributed by atoms with Crippen molar-refractivity contribution in [2.75, 3.05) is 6.61 Å². The Labute approximate surface area is 199 Å². The molecule has 2 aromatic carbocycles. The van der Waals surface area contributed by atoms with Gasteiger partial charge in [-0.05, 0) is 55.4 Å². The Kier molecular flexibility index (Phi) is 6.64. The van der Waals surface area contributed by atoms with Gasteiger partial charge >= 0.3 is 12.1 Å². The fraction of sp³-hybridized carbons (Fsp3) is 0.444. The molecule has 3 N–H and O–H groups in total. The van der Waals surface area contributed by atoms with Crippen LogP contribution in [0.1, 0.15) is 69.4 Å². The van der Waals surface area contributed by atoms with Crippen molar-refractivity contribution >= 4 is 18.0 Å². The first-order valence-electron chi connectivity index (χ1n) is 11.9. The second-order valence-corrected chi connectivity index (χ2v) is 9.98. The number of hydrogen-bond acceptors (Lipinski definition) is 4. The normalized spacial score (nSPS) is 16.4. The molecule has 0 unspecified atom stereocenters. The van der Waals surface area contributed by atoms with Crippen LogP contribution in [0.5, 0.6) is 0 Å². The summed E-state index contributed by atoms with van der Waals surface area (Å²) in [4.78, 5) is 36.7. The van der Waals surface area contributed by atoms with Crippen LogP contribution in [0.15, 0.2) is 48.5 Å². The Hall–Kier alpha value is -3.35. The maximum Gasteiger partial charge on any atom is 0.407 e. The van der Waals surface area contributed by atoms with Crippen molar-refractivity contribution in [2.24, 2.45) is 0 Å². The van der Waals surface area contributed by atoms with Crippen molar-refractivity contribution in [3.8, 4) is 11.1 Å². The smallest absolute Gasteiger partial charge is 0.407 e. The molecule has 0 bridgehead atoms. The molecule has 180 valence electrons. The first-order chi connectivity index (χ1) is 16.2. The summed E-state index contributed by atoms with van der Waals surface area (Å²) in [5, 5.41) is 15.1. The Morgan fingerprint density at radius 2 is 1.56 bits per heavy atom.